The minimum absolute atomic E-state index is 0.257. The number of rotatable bonds is 1. The molecule has 0 radical (unpaired) electrons. The number of benzene rings is 5. The minimum Gasteiger partial charge on any atom is -0.457 e. The van der Waals surface area contributed by atoms with E-state index in [1.807, 2.05) is 6.07 Å². The Morgan fingerprint density at radius 2 is 1.25 bits per heavy atom. The van der Waals surface area contributed by atoms with Gasteiger partial charge in [-0.2, -0.15) is 0 Å². The summed E-state index contributed by atoms with van der Waals surface area (Å²) in [4.78, 5) is 15.1. The van der Waals surface area contributed by atoms with Gasteiger partial charge in [0.15, 0.2) is 5.78 Å². The second kappa shape index (κ2) is 8.43. The standard InChI is InChI=1S/C37H29NO2/c1-23-14-18-32-30(20-23)37(28-9-3-5-12-35(28)40-36-13-6-4-10-29(36)37)31-21-24(2)15-19-33(31)38(32)26-16-17-27-25(22-26)8-7-11-34(27)39/h3-6,9-10,12-22H,7-8,11H2,1-2H3. The van der Waals surface area contributed by atoms with Crippen molar-refractivity contribution in [2.75, 3.05) is 4.90 Å². The summed E-state index contributed by atoms with van der Waals surface area (Å²) in [6.45, 7) is 4.34. The maximum Gasteiger partial charge on any atom is 0.163 e. The summed E-state index contributed by atoms with van der Waals surface area (Å²) in [5.74, 6) is 2.04. The van der Waals surface area contributed by atoms with E-state index in [0.717, 1.165) is 63.7 Å². The van der Waals surface area contributed by atoms with Crippen LogP contribution in [-0.4, -0.2) is 5.78 Å². The molecule has 0 saturated heterocycles. The van der Waals surface area contributed by atoms with E-state index in [1.165, 1.54) is 22.3 Å². The molecule has 3 aliphatic rings. The van der Waals surface area contributed by atoms with Crippen LogP contribution in [0.5, 0.6) is 11.5 Å². The number of anilines is 3. The SMILES string of the molecule is Cc1ccc2c(c1)C1(c3ccccc3Oc3ccccc31)c1cc(C)ccc1N2c1ccc2c(c1)CCCC2=O. The van der Waals surface area contributed by atoms with Crippen molar-refractivity contribution in [2.24, 2.45) is 0 Å². The van der Waals surface area contributed by atoms with Gasteiger partial charge in [-0.25, -0.2) is 0 Å². The summed E-state index contributed by atoms with van der Waals surface area (Å²) in [7, 11) is 0. The van der Waals surface area contributed by atoms with Crippen LogP contribution in [0, 0.1) is 13.8 Å². The molecule has 5 aromatic carbocycles. The van der Waals surface area contributed by atoms with Crippen molar-refractivity contribution in [3.05, 3.63) is 148 Å². The molecule has 0 bridgehead atoms. The van der Waals surface area contributed by atoms with Crippen LogP contribution in [0.3, 0.4) is 0 Å². The Labute approximate surface area is 234 Å². The molecule has 3 nitrogen and oxygen atoms in total. The Morgan fingerprint density at radius 1 is 0.650 bits per heavy atom. The van der Waals surface area contributed by atoms with E-state index >= 15 is 0 Å². The molecule has 3 heteroatoms. The summed E-state index contributed by atoms with van der Waals surface area (Å²) in [5, 5.41) is 0. The molecule has 0 N–H and O–H groups in total. The van der Waals surface area contributed by atoms with Gasteiger partial charge in [0.2, 0.25) is 0 Å². The average molecular weight is 520 g/mol. The molecule has 0 aromatic heterocycles. The number of nitrogens with zero attached hydrogens (tertiary/aromatic N) is 1. The lowest BCUT2D eigenvalue weighted by Crippen LogP contribution is -2.40. The number of para-hydroxylation sites is 2. The fraction of sp³-hybridized carbons (Fsp3) is 0.162. The topological polar surface area (TPSA) is 29.5 Å². The highest BCUT2D eigenvalue weighted by atomic mass is 16.5. The molecular weight excluding hydrogens is 490 g/mol. The van der Waals surface area contributed by atoms with Gasteiger partial charge in [0.1, 0.15) is 11.5 Å². The van der Waals surface area contributed by atoms with Crippen molar-refractivity contribution >= 4 is 22.8 Å². The Balaban J connectivity index is 1.50. The first-order chi connectivity index (χ1) is 19.6. The number of carbonyl (C=O) groups excluding carboxylic acids is 1. The van der Waals surface area contributed by atoms with Crippen molar-refractivity contribution in [2.45, 2.75) is 38.5 Å². The van der Waals surface area contributed by atoms with Crippen molar-refractivity contribution in [1.29, 1.82) is 0 Å². The third-order valence-corrected chi connectivity index (χ3v) is 8.89. The highest BCUT2D eigenvalue weighted by Gasteiger charge is 2.51. The summed E-state index contributed by atoms with van der Waals surface area (Å²) < 4.78 is 6.53. The number of ether oxygens (including phenoxy) is 1. The molecule has 5 aromatic rings. The van der Waals surface area contributed by atoms with Crippen LogP contribution in [0.15, 0.2) is 103 Å². The maximum atomic E-state index is 12.7. The van der Waals surface area contributed by atoms with Gasteiger partial charge in [-0.1, -0.05) is 71.8 Å². The molecule has 0 amide bonds. The van der Waals surface area contributed by atoms with E-state index in [0.29, 0.717) is 6.42 Å². The van der Waals surface area contributed by atoms with Crippen LogP contribution in [0.4, 0.5) is 17.1 Å². The molecule has 0 unspecified atom stereocenters. The van der Waals surface area contributed by atoms with Gasteiger partial charge in [-0.15, -0.1) is 0 Å². The van der Waals surface area contributed by atoms with Gasteiger partial charge in [0, 0.05) is 28.8 Å². The lowest BCUT2D eigenvalue weighted by atomic mass is 9.61. The van der Waals surface area contributed by atoms with Crippen molar-refractivity contribution in [1.82, 2.24) is 0 Å². The van der Waals surface area contributed by atoms with Crippen molar-refractivity contribution < 1.29 is 9.53 Å². The second-order valence-electron chi connectivity index (χ2n) is 11.3. The number of carbonyl (C=O) groups is 1. The molecule has 1 spiro atoms. The zero-order valence-corrected chi connectivity index (χ0v) is 22.7. The molecular formula is C37H29NO2. The van der Waals surface area contributed by atoms with E-state index in [-0.39, 0.29) is 5.78 Å². The fourth-order valence-electron chi connectivity index (χ4n) is 7.19. The van der Waals surface area contributed by atoms with Crippen molar-refractivity contribution in [3.63, 3.8) is 0 Å². The molecule has 8 rings (SSSR count). The zero-order valence-electron chi connectivity index (χ0n) is 22.7. The van der Waals surface area contributed by atoms with E-state index in [2.05, 4.69) is 116 Å². The van der Waals surface area contributed by atoms with Gasteiger partial charge >= 0.3 is 0 Å². The first kappa shape index (κ1) is 23.3. The summed E-state index contributed by atoms with van der Waals surface area (Å²) >= 11 is 0. The first-order valence-corrected chi connectivity index (χ1v) is 14.1. The predicted molar refractivity (Wildman–Crippen MR) is 160 cm³/mol. The smallest absolute Gasteiger partial charge is 0.163 e. The lowest BCUT2D eigenvalue weighted by molar-refractivity contribution is 0.0972. The maximum absolute atomic E-state index is 12.7. The van der Waals surface area contributed by atoms with Gasteiger partial charge < -0.3 is 9.64 Å². The number of Topliss-reactive ketones (excluding diaryl/α,β-unsaturated/α-hetero) is 1. The number of hydrogen-bond acceptors (Lipinski definition) is 3. The van der Waals surface area contributed by atoms with Gasteiger partial charge in [-0.3, -0.25) is 4.79 Å². The molecule has 40 heavy (non-hydrogen) atoms. The normalized spacial score (nSPS) is 15.8. The van der Waals surface area contributed by atoms with Gasteiger partial charge in [0.25, 0.3) is 0 Å². The van der Waals surface area contributed by atoms with Crippen LogP contribution in [0.25, 0.3) is 0 Å². The Morgan fingerprint density at radius 3 is 1.88 bits per heavy atom. The number of hydrogen-bond donors (Lipinski definition) is 0. The minimum atomic E-state index is -0.547. The van der Waals surface area contributed by atoms with Crippen LogP contribution < -0.4 is 9.64 Å². The van der Waals surface area contributed by atoms with Crippen LogP contribution in [0.2, 0.25) is 0 Å². The quantitative estimate of drug-likeness (QED) is 0.217. The third kappa shape index (κ3) is 3.09. The Hall–Kier alpha value is -4.63. The molecule has 2 aliphatic heterocycles. The molecule has 1 aliphatic carbocycles. The first-order valence-electron chi connectivity index (χ1n) is 14.1. The summed E-state index contributed by atoms with van der Waals surface area (Å²) in [6, 6.07) is 37.0. The largest absolute Gasteiger partial charge is 0.457 e. The summed E-state index contributed by atoms with van der Waals surface area (Å²) in [6.07, 6.45) is 2.49. The van der Waals surface area contributed by atoms with Crippen LogP contribution >= 0.6 is 0 Å². The highest BCUT2D eigenvalue weighted by Crippen LogP contribution is 2.62. The molecule has 194 valence electrons. The average Bonchev–Trinajstić information content (AvgIpc) is 2.97. The molecule has 0 saturated carbocycles. The Bertz CT molecular complexity index is 1770. The van der Waals surface area contributed by atoms with Crippen LogP contribution in [0.1, 0.15) is 62.1 Å². The summed E-state index contributed by atoms with van der Waals surface area (Å²) in [5.41, 5.74) is 12.1. The monoisotopic (exact) mass is 519 g/mol. The molecule has 0 fully saturated rings. The van der Waals surface area contributed by atoms with Gasteiger partial charge in [-0.05, 0) is 85.8 Å². The van der Waals surface area contributed by atoms with Crippen LogP contribution in [-0.2, 0) is 11.8 Å². The van der Waals surface area contributed by atoms with Crippen molar-refractivity contribution in [3.8, 4) is 11.5 Å². The molecule has 0 atom stereocenters. The highest BCUT2D eigenvalue weighted by molar-refractivity contribution is 5.99. The second-order valence-corrected chi connectivity index (χ2v) is 11.3. The zero-order chi connectivity index (χ0) is 27.0. The van der Waals surface area contributed by atoms with E-state index < -0.39 is 5.41 Å². The van der Waals surface area contributed by atoms with E-state index in [4.69, 9.17) is 4.74 Å². The fourth-order valence-corrected chi connectivity index (χ4v) is 7.19. The lowest BCUT2D eigenvalue weighted by Gasteiger charge is -2.49. The Kier molecular flexibility index (Phi) is 4.91. The molecule has 2 heterocycles. The van der Waals surface area contributed by atoms with E-state index in [9.17, 15) is 4.79 Å². The predicted octanol–water partition coefficient (Wildman–Crippen LogP) is 9.09. The number of aryl methyl sites for hydroxylation is 3. The third-order valence-electron chi connectivity index (χ3n) is 8.89. The van der Waals surface area contributed by atoms with E-state index in [1.54, 1.807) is 0 Å². The van der Waals surface area contributed by atoms with Gasteiger partial charge in [0.05, 0.1) is 16.8 Å². The number of fused-ring (bicyclic) bond motifs is 9. The number of ketones is 1.